The first kappa shape index (κ1) is 29.2. The zero-order valence-corrected chi connectivity index (χ0v) is 26.5. The number of esters is 1. The fourth-order valence-corrected chi connectivity index (χ4v) is 7.09. The van der Waals surface area contributed by atoms with Gasteiger partial charge in [0.05, 0.1) is 41.2 Å². The fraction of sp³-hybridized carbons (Fsp3) is 0.324. The van der Waals surface area contributed by atoms with Crippen LogP contribution in [0.15, 0.2) is 72.9 Å². The van der Waals surface area contributed by atoms with E-state index < -0.39 is 0 Å². The number of nitrogens with zero attached hydrogens (tertiary/aromatic N) is 4. The Bertz CT molecular complexity index is 1650. The number of methoxy groups -OCH3 is 1. The number of hydrogen-bond donors (Lipinski definition) is 1. The predicted octanol–water partition coefficient (Wildman–Crippen LogP) is 7.34. The highest BCUT2D eigenvalue weighted by Crippen LogP contribution is 2.45. The van der Waals surface area contributed by atoms with Crippen LogP contribution in [0.25, 0.3) is 5.69 Å². The third-order valence-electron chi connectivity index (χ3n) is 8.77. The molecule has 7 nitrogen and oxygen atoms in total. The van der Waals surface area contributed by atoms with Crippen molar-refractivity contribution in [2.45, 2.75) is 45.7 Å². The van der Waals surface area contributed by atoms with Gasteiger partial charge in [0.25, 0.3) is 0 Å². The van der Waals surface area contributed by atoms with Crippen LogP contribution < -0.4 is 15.1 Å². The third-order valence-corrected chi connectivity index (χ3v) is 9.38. The summed E-state index contributed by atoms with van der Waals surface area (Å²) in [6.07, 6.45) is 4.16. The number of aryl methyl sites for hydroxylation is 1. The molecule has 0 radical (unpaired) electrons. The van der Waals surface area contributed by atoms with Gasteiger partial charge in [-0.25, -0.2) is 4.79 Å². The Balaban J connectivity index is 1.41. The number of pyridine rings is 1. The lowest BCUT2D eigenvalue weighted by molar-refractivity contribution is 0.0600. The number of carbonyl (C=O) groups is 1. The molecule has 0 spiro atoms. The molecule has 9 heteroatoms. The molecule has 0 aliphatic carbocycles. The van der Waals surface area contributed by atoms with Gasteiger partial charge in [0.2, 0.25) is 0 Å². The molecule has 0 amide bonds. The highest BCUT2D eigenvalue weighted by Gasteiger charge is 2.42. The molecule has 4 heterocycles. The monoisotopic (exact) mass is 613 g/mol. The Kier molecular flexibility index (Phi) is 8.16. The number of rotatable bonds is 6. The number of hydrogen-bond acceptors (Lipinski definition) is 5. The fourth-order valence-electron chi connectivity index (χ4n) is 6.45. The van der Waals surface area contributed by atoms with Crippen LogP contribution in [0, 0.1) is 19.8 Å². The molecule has 2 atom stereocenters. The summed E-state index contributed by atoms with van der Waals surface area (Å²) in [6.45, 7) is 8.56. The van der Waals surface area contributed by atoms with Crippen LogP contribution in [-0.2, 0) is 4.74 Å². The highest BCUT2D eigenvalue weighted by molar-refractivity contribution is 7.80. The number of aromatic nitrogens is 2. The van der Waals surface area contributed by atoms with E-state index in [-0.39, 0.29) is 18.1 Å². The van der Waals surface area contributed by atoms with Crippen molar-refractivity contribution in [2.24, 2.45) is 5.92 Å². The Hall–Kier alpha value is -3.88. The van der Waals surface area contributed by atoms with Crippen LogP contribution in [0.4, 0.5) is 11.4 Å². The van der Waals surface area contributed by atoms with Gasteiger partial charge in [-0.2, -0.15) is 0 Å². The van der Waals surface area contributed by atoms with E-state index in [0.717, 1.165) is 63.7 Å². The smallest absolute Gasteiger partial charge is 0.337 e. The first-order valence-corrected chi connectivity index (χ1v) is 15.5. The van der Waals surface area contributed by atoms with Crippen molar-refractivity contribution in [3.8, 4) is 5.69 Å². The quantitative estimate of drug-likeness (QED) is 0.180. The standard InChI is InChI=1S/C34H36ClN5O2S/c1-21-14-17-38(18-15-21)30-13-12-26(20-28(30)35)40-32(31(37-34(40)43)29-7-5-6-16-36-29)27-19-22(2)39(23(27)3)25-10-8-24(9-11-25)33(41)42-4/h5-13,16,19-21,31-32H,14-15,17-18H2,1-4H3,(H,37,43). The van der Waals surface area contributed by atoms with Crippen molar-refractivity contribution in [3.05, 3.63) is 106 Å². The molecule has 2 aliphatic heterocycles. The van der Waals surface area contributed by atoms with Crippen LogP contribution in [-0.4, -0.2) is 40.8 Å². The van der Waals surface area contributed by atoms with Crippen molar-refractivity contribution >= 4 is 46.3 Å². The number of halogens is 1. The zero-order chi connectivity index (χ0) is 30.2. The number of ether oxygens (including phenoxy) is 1. The van der Waals surface area contributed by atoms with Gasteiger partial charge >= 0.3 is 5.97 Å². The van der Waals surface area contributed by atoms with Gasteiger partial charge in [0.1, 0.15) is 0 Å². The van der Waals surface area contributed by atoms with Crippen molar-refractivity contribution in [1.29, 1.82) is 0 Å². The molecule has 222 valence electrons. The SMILES string of the molecule is COC(=O)c1ccc(-n2c(C)cc(C3C(c4ccccn4)NC(=S)N3c3ccc(N4CCC(C)CC4)c(Cl)c3)c2C)cc1. The summed E-state index contributed by atoms with van der Waals surface area (Å²) in [4.78, 5) is 21.3. The average molecular weight is 614 g/mol. The van der Waals surface area contributed by atoms with E-state index in [9.17, 15) is 4.79 Å². The van der Waals surface area contributed by atoms with E-state index in [0.29, 0.717) is 10.7 Å². The molecule has 43 heavy (non-hydrogen) atoms. The second-order valence-electron chi connectivity index (χ2n) is 11.5. The number of carbonyl (C=O) groups excluding carboxylic acids is 1. The maximum atomic E-state index is 12.0. The minimum atomic E-state index is -0.355. The average Bonchev–Trinajstić information content (AvgIpc) is 3.52. The van der Waals surface area contributed by atoms with Crippen LogP contribution >= 0.6 is 23.8 Å². The summed E-state index contributed by atoms with van der Waals surface area (Å²) in [5.41, 5.74) is 7.68. The number of thiocarbonyl (C=S) groups is 1. The molecule has 4 aromatic rings. The zero-order valence-electron chi connectivity index (χ0n) is 24.9. The van der Waals surface area contributed by atoms with Gasteiger partial charge in [0, 0.05) is 42.0 Å². The first-order chi connectivity index (χ1) is 20.8. The van der Waals surface area contributed by atoms with E-state index in [2.05, 4.69) is 58.7 Å². The molecule has 0 bridgehead atoms. The van der Waals surface area contributed by atoms with Crippen molar-refractivity contribution in [2.75, 3.05) is 30.0 Å². The normalized spacial score (nSPS) is 19.0. The van der Waals surface area contributed by atoms with Crippen molar-refractivity contribution in [1.82, 2.24) is 14.9 Å². The predicted molar refractivity (Wildman–Crippen MR) is 177 cm³/mol. The maximum Gasteiger partial charge on any atom is 0.337 e. The van der Waals surface area contributed by atoms with E-state index in [1.165, 1.54) is 20.0 Å². The molecule has 0 saturated carbocycles. The summed E-state index contributed by atoms with van der Waals surface area (Å²) in [5.74, 6) is 0.392. The minimum absolute atomic E-state index is 0.172. The Morgan fingerprint density at radius 2 is 1.74 bits per heavy atom. The lowest BCUT2D eigenvalue weighted by atomic mass is 9.96. The van der Waals surface area contributed by atoms with Crippen LogP contribution in [0.5, 0.6) is 0 Å². The van der Waals surface area contributed by atoms with Gasteiger partial charge < -0.3 is 24.4 Å². The summed E-state index contributed by atoms with van der Waals surface area (Å²) in [6, 6.07) is 21.6. The summed E-state index contributed by atoms with van der Waals surface area (Å²) >= 11 is 13.0. The van der Waals surface area contributed by atoms with E-state index >= 15 is 0 Å². The Labute approximate surface area is 263 Å². The topological polar surface area (TPSA) is 62.6 Å². The minimum Gasteiger partial charge on any atom is -0.465 e. The Morgan fingerprint density at radius 1 is 1.02 bits per heavy atom. The molecular weight excluding hydrogens is 578 g/mol. The molecule has 2 unspecified atom stereocenters. The number of nitrogens with one attached hydrogen (secondary N) is 1. The number of benzene rings is 2. The second-order valence-corrected chi connectivity index (χ2v) is 12.3. The lowest BCUT2D eigenvalue weighted by Crippen LogP contribution is -2.33. The van der Waals surface area contributed by atoms with Crippen LogP contribution in [0.3, 0.4) is 0 Å². The van der Waals surface area contributed by atoms with E-state index in [4.69, 9.17) is 33.5 Å². The molecule has 2 saturated heterocycles. The molecular formula is C34H36ClN5O2S. The van der Waals surface area contributed by atoms with Gasteiger partial charge in [-0.1, -0.05) is 24.6 Å². The molecule has 1 N–H and O–H groups in total. The van der Waals surface area contributed by atoms with Gasteiger partial charge in [0.15, 0.2) is 5.11 Å². The molecule has 2 fully saturated rings. The van der Waals surface area contributed by atoms with Gasteiger partial charge in [-0.05, 0) is 111 Å². The van der Waals surface area contributed by atoms with Gasteiger partial charge in [-0.15, -0.1) is 0 Å². The number of piperidine rings is 1. The number of anilines is 2. The molecule has 2 aromatic carbocycles. The summed E-state index contributed by atoms with van der Waals surface area (Å²) in [5, 5.41) is 4.93. The summed E-state index contributed by atoms with van der Waals surface area (Å²) < 4.78 is 7.09. The molecule has 2 aliphatic rings. The van der Waals surface area contributed by atoms with Gasteiger partial charge in [-0.3, -0.25) is 4.98 Å². The summed E-state index contributed by atoms with van der Waals surface area (Å²) in [7, 11) is 1.39. The first-order valence-electron chi connectivity index (χ1n) is 14.7. The van der Waals surface area contributed by atoms with E-state index in [1.807, 2.05) is 42.6 Å². The molecule has 6 rings (SSSR count). The highest BCUT2D eigenvalue weighted by atomic mass is 35.5. The van der Waals surface area contributed by atoms with Crippen LogP contribution in [0.1, 0.15) is 64.9 Å². The third kappa shape index (κ3) is 5.50. The largest absolute Gasteiger partial charge is 0.465 e. The Morgan fingerprint density at radius 3 is 2.40 bits per heavy atom. The lowest BCUT2D eigenvalue weighted by Gasteiger charge is -2.33. The van der Waals surface area contributed by atoms with Crippen molar-refractivity contribution < 1.29 is 9.53 Å². The molecule has 2 aromatic heterocycles. The van der Waals surface area contributed by atoms with E-state index in [1.54, 1.807) is 12.1 Å². The van der Waals surface area contributed by atoms with Crippen LogP contribution in [0.2, 0.25) is 5.02 Å². The second kappa shape index (κ2) is 12.0. The maximum absolute atomic E-state index is 12.0. The van der Waals surface area contributed by atoms with Crippen molar-refractivity contribution in [3.63, 3.8) is 0 Å².